The van der Waals surface area contributed by atoms with Crippen molar-refractivity contribution >= 4 is 65.9 Å². The highest BCUT2D eigenvalue weighted by atomic mass is 32.2. The Hall–Kier alpha value is -6.82. The van der Waals surface area contributed by atoms with Crippen LogP contribution >= 0.6 is 11.8 Å². The maximum absolute atomic E-state index is 5.34. The van der Waals surface area contributed by atoms with Crippen LogP contribution in [-0.4, -0.2) is 24.8 Å². The summed E-state index contributed by atoms with van der Waals surface area (Å²) in [5.41, 5.74) is 7.80. The molecule has 4 nitrogen and oxygen atoms in total. The molecule has 2 aliphatic rings. The highest BCUT2D eigenvalue weighted by Crippen LogP contribution is 2.53. The summed E-state index contributed by atoms with van der Waals surface area (Å²) in [6, 6.07) is 56.4. The molecule has 0 amide bonds. The number of hydrogen-bond donors (Lipinski definition) is 0. The molecule has 3 heterocycles. The second-order valence-corrected chi connectivity index (χ2v) is 15.9. The topological polar surface area (TPSA) is 43.6 Å². The number of para-hydroxylation sites is 1. The minimum atomic E-state index is 0.293. The molecule has 0 saturated carbocycles. The molecule has 0 fully saturated rings. The molecule has 1 aliphatic heterocycles. The van der Waals surface area contributed by atoms with Gasteiger partial charge in [-0.3, -0.25) is 0 Å². The molecule has 12 rings (SSSR count). The Morgan fingerprint density at radius 3 is 1.75 bits per heavy atom. The molecular weight excluding hydrogens is 701 g/mol. The molecule has 2 aromatic heterocycles. The van der Waals surface area contributed by atoms with E-state index in [0.717, 1.165) is 27.8 Å². The normalized spacial score (nSPS) is 16.0. The smallest absolute Gasteiger partial charge is 0.164 e. The number of fused-ring (bicyclic) bond motifs is 13. The molecule has 8 aromatic carbocycles. The lowest BCUT2D eigenvalue weighted by Gasteiger charge is -2.20. The van der Waals surface area contributed by atoms with Gasteiger partial charge in [0.2, 0.25) is 0 Å². The van der Waals surface area contributed by atoms with E-state index in [4.69, 9.17) is 15.0 Å². The monoisotopic (exact) mass is 732 g/mol. The Balaban J connectivity index is 1.25. The summed E-state index contributed by atoms with van der Waals surface area (Å²) in [4.78, 5) is 17.1. The highest BCUT2D eigenvalue weighted by Gasteiger charge is 2.35. The van der Waals surface area contributed by atoms with Crippen molar-refractivity contribution in [3.05, 3.63) is 188 Å². The van der Waals surface area contributed by atoms with Crippen molar-refractivity contribution in [1.29, 1.82) is 0 Å². The Bertz CT molecular complexity index is 3230. The standard InChI is InChI=1S/C51H32N4S/c1-3-15-31(16-4-1)49-52-50(32-17-5-2-6-18-32)54-51(53-49)42-30-33(29-41-36-21-8-7-19-34(36)35-20-9-10-23-38(35)46(41)42)55-43-25-13-11-22-37(43)39-27-28-45-47(48(39)55)40-24-12-14-26-44(40)56-45/h1-30,40,44H. The van der Waals surface area contributed by atoms with Crippen LogP contribution in [0.25, 0.3) is 94.0 Å². The van der Waals surface area contributed by atoms with E-state index in [1.54, 1.807) is 0 Å². The Morgan fingerprint density at radius 1 is 0.464 bits per heavy atom. The lowest BCUT2D eigenvalue weighted by molar-refractivity contribution is 0.883. The van der Waals surface area contributed by atoms with E-state index in [1.807, 2.05) is 48.2 Å². The molecule has 0 saturated heterocycles. The van der Waals surface area contributed by atoms with Crippen LogP contribution < -0.4 is 0 Å². The van der Waals surface area contributed by atoms with Crippen LogP contribution in [0.4, 0.5) is 0 Å². The quantitative estimate of drug-likeness (QED) is 0.169. The minimum absolute atomic E-state index is 0.293. The summed E-state index contributed by atoms with van der Waals surface area (Å²) in [6.45, 7) is 0. The summed E-state index contributed by atoms with van der Waals surface area (Å²) < 4.78 is 2.52. The Morgan fingerprint density at radius 2 is 1.04 bits per heavy atom. The third kappa shape index (κ3) is 4.71. The summed E-state index contributed by atoms with van der Waals surface area (Å²) >= 11 is 1.98. The maximum atomic E-state index is 5.34. The first-order valence-electron chi connectivity index (χ1n) is 19.1. The van der Waals surface area contributed by atoms with E-state index < -0.39 is 0 Å². The van der Waals surface area contributed by atoms with E-state index in [1.165, 1.54) is 59.2 Å². The average Bonchev–Trinajstić information content (AvgIpc) is 3.82. The third-order valence-electron chi connectivity index (χ3n) is 11.5. The molecule has 2 unspecified atom stereocenters. The molecule has 56 heavy (non-hydrogen) atoms. The van der Waals surface area contributed by atoms with Gasteiger partial charge in [0.05, 0.1) is 11.0 Å². The first-order valence-corrected chi connectivity index (χ1v) is 20.0. The molecule has 0 bridgehead atoms. The van der Waals surface area contributed by atoms with Gasteiger partial charge in [0.1, 0.15) is 0 Å². The fraction of sp³-hybridized carbons (Fsp3) is 0.0392. The van der Waals surface area contributed by atoms with Gasteiger partial charge in [0.15, 0.2) is 17.5 Å². The van der Waals surface area contributed by atoms with Gasteiger partial charge in [-0.15, -0.1) is 11.8 Å². The molecule has 0 N–H and O–H groups in total. The van der Waals surface area contributed by atoms with Crippen LogP contribution in [0.15, 0.2) is 187 Å². The van der Waals surface area contributed by atoms with Gasteiger partial charge >= 0.3 is 0 Å². The van der Waals surface area contributed by atoms with Gasteiger partial charge < -0.3 is 4.57 Å². The van der Waals surface area contributed by atoms with Gasteiger partial charge in [-0.25, -0.2) is 15.0 Å². The van der Waals surface area contributed by atoms with Gasteiger partial charge in [-0.05, 0) is 56.8 Å². The zero-order valence-corrected chi connectivity index (χ0v) is 31.0. The van der Waals surface area contributed by atoms with Crippen molar-refractivity contribution in [1.82, 2.24) is 19.5 Å². The number of thioether (sulfide) groups is 1. The van der Waals surface area contributed by atoms with Crippen molar-refractivity contribution < 1.29 is 0 Å². The average molecular weight is 733 g/mol. The van der Waals surface area contributed by atoms with E-state index in [2.05, 4.69) is 150 Å². The molecule has 0 radical (unpaired) electrons. The Kier molecular flexibility index (Phi) is 6.95. The second-order valence-electron chi connectivity index (χ2n) is 14.6. The predicted molar refractivity (Wildman–Crippen MR) is 234 cm³/mol. The Labute approximate surface area is 327 Å². The van der Waals surface area contributed by atoms with Crippen LogP contribution in [0.3, 0.4) is 0 Å². The van der Waals surface area contributed by atoms with Gasteiger partial charge in [-0.1, -0.05) is 158 Å². The summed E-state index contributed by atoms with van der Waals surface area (Å²) in [5, 5.41) is 10.0. The SMILES string of the molecule is C1=CC2Sc3ccc4c5ccccc5n(-c5cc(-c6nc(-c7ccccc7)nc(-c7ccccc7)n6)c6c7ccccc7c7ccccc7c6c5)c4c3C2C=C1. The zero-order valence-electron chi connectivity index (χ0n) is 30.2. The predicted octanol–water partition coefficient (Wildman–Crippen LogP) is 13.1. The van der Waals surface area contributed by atoms with Crippen molar-refractivity contribution in [3.63, 3.8) is 0 Å². The summed E-state index contributed by atoms with van der Waals surface area (Å²) in [6.07, 6.45) is 9.15. The van der Waals surface area contributed by atoms with Crippen LogP contribution in [0, 0.1) is 0 Å². The third-order valence-corrected chi connectivity index (χ3v) is 12.9. The highest BCUT2D eigenvalue weighted by molar-refractivity contribution is 8.00. The molecule has 5 heteroatoms. The van der Waals surface area contributed by atoms with Gasteiger partial charge in [0, 0.05) is 54.6 Å². The van der Waals surface area contributed by atoms with E-state index in [9.17, 15) is 0 Å². The maximum Gasteiger partial charge on any atom is 0.164 e. The van der Waals surface area contributed by atoms with Crippen LogP contribution in [-0.2, 0) is 0 Å². The van der Waals surface area contributed by atoms with E-state index in [-0.39, 0.29) is 0 Å². The molecule has 262 valence electrons. The molecule has 2 atom stereocenters. The molecule has 10 aromatic rings. The number of rotatable bonds is 4. The number of hydrogen-bond acceptors (Lipinski definition) is 4. The van der Waals surface area contributed by atoms with Crippen molar-refractivity contribution in [2.75, 3.05) is 0 Å². The fourth-order valence-electron chi connectivity index (χ4n) is 9.12. The largest absolute Gasteiger partial charge is 0.309 e. The van der Waals surface area contributed by atoms with Crippen LogP contribution in [0.2, 0.25) is 0 Å². The zero-order chi connectivity index (χ0) is 36.7. The summed E-state index contributed by atoms with van der Waals surface area (Å²) in [7, 11) is 0. The van der Waals surface area contributed by atoms with Crippen LogP contribution in [0.5, 0.6) is 0 Å². The van der Waals surface area contributed by atoms with E-state index in [0.29, 0.717) is 28.6 Å². The molecule has 0 spiro atoms. The summed E-state index contributed by atoms with van der Waals surface area (Å²) in [5.74, 6) is 2.23. The van der Waals surface area contributed by atoms with Gasteiger partial charge in [-0.2, -0.15) is 0 Å². The number of benzene rings is 8. The first-order chi connectivity index (χ1) is 27.8. The minimum Gasteiger partial charge on any atom is -0.309 e. The fourth-order valence-corrected chi connectivity index (χ4v) is 10.5. The molecule has 1 aliphatic carbocycles. The number of nitrogens with zero attached hydrogens (tertiary/aromatic N) is 4. The number of allylic oxidation sites excluding steroid dienone is 3. The van der Waals surface area contributed by atoms with E-state index >= 15 is 0 Å². The first kappa shape index (κ1) is 31.5. The van der Waals surface area contributed by atoms with Gasteiger partial charge in [0.25, 0.3) is 0 Å². The van der Waals surface area contributed by atoms with Crippen molar-refractivity contribution in [2.45, 2.75) is 16.1 Å². The van der Waals surface area contributed by atoms with Crippen LogP contribution in [0.1, 0.15) is 11.5 Å². The number of aromatic nitrogens is 4. The van der Waals surface area contributed by atoms with Crippen molar-refractivity contribution in [3.8, 4) is 39.9 Å². The second kappa shape index (κ2) is 12.4. The lowest BCUT2D eigenvalue weighted by Crippen LogP contribution is -2.08. The molecular formula is C51H32N4S. The van der Waals surface area contributed by atoms with Crippen molar-refractivity contribution in [2.24, 2.45) is 0 Å². The lowest BCUT2D eigenvalue weighted by atomic mass is 9.90.